The summed E-state index contributed by atoms with van der Waals surface area (Å²) in [6.45, 7) is 9.05. The van der Waals surface area contributed by atoms with Crippen molar-refractivity contribution in [3.63, 3.8) is 0 Å². The molecule has 0 saturated carbocycles. The summed E-state index contributed by atoms with van der Waals surface area (Å²) in [5.41, 5.74) is 5.23. The summed E-state index contributed by atoms with van der Waals surface area (Å²) >= 11 is 0.352. The van der Waals surface area contributed by atoms with Gasteiger partial charge < -0.3 is 0 Å². The molecule has 0 aromatic heterocycles. The zero-order valence-electron chi connectivity index (χ0n) is 27.9. The van der Waals surface area contributed by atoms with Crippen LogP contribution in [0.3, 0.4) is 0 Å². The fourth-order valence-corrected chi connectivity index (χ4v) is 10.7. The minimum atomic E-state index is -0.403. The second kappa shape index (κ2) is 14.2. The third-order valence-corrected chi connectivity index (χ3v) is 13.0. The van der Waals surface area contributed by atoms with E-state index in [0.717, 1.165) is 30.8 Å². The first-order chi connectivity index (χ1) is 23.5. The third kappa shape index (κ3) is 6.94. The molecule has 4 heterocycles. The summed E-state index contributed by atoms with van der Waals surface area (Å²) in [4.78, 5) is 5.29. The molecule has 0 N–H and O–H groups in total. The topological polar surface area (TPSA) is 43.4 Å². The molecule has 0 bridgehead atoms. The molecule has 4 fully saturated rings. The summed E-state index contributed by atoms with van der Waals surface area (Å²) in [5, 5.41) is 1.22. The SMILES string of the molecule is CC1(C)CC(C[Se]c2ccccc2CN2[C@H]3COC(c4ccccc4)O[C@H]3[C@@H]3OC(c4ccccc4)OC[C@@H]32)N(Cc2ccccc2)C1. The van der Waals surface area contributed by atoms with Gasteiger partial charge >= 0.3 is 292 Å². The summed E-state index contributed by atoms with van der Waals surface area (Å²) < 4.78 is 27.9. The van der Waals surface area contributed by atoms with Crippen LogP contribution in [-0.4, -0.2) is 74.8 Å². The fourth-order valence-electron chi connectivity index (χ4n) is 8.15. The number of hydrogen-bond donors (Lipinski definition) is 0. The molecule has 0 spiro atoms. The summed E-state index contributed by atoms with van der Waals surface area (Å²) in [6, 6.07) is 41.4. The second-order valence-electron chi connectivity index (χ2n) is 14.5. The molecule has 4 aromatic rings. The number of benzene rings is 4. The molecule has 0 aliphatic carbocycles. The molecule has 6 nitrogen and oxygen atoms in total. The maximum atomic E-state index is 6.80. The zero-order valence-corrected chi connectivity index (χ0v) is 29.6. The molecule has 4 aliphatic rings. The van der Waals surface area contributed by atoms with Crippen molar-refractivity contribution >= 4 is 19.4 Å². The van der Waals surface area contributed by atoms with E-state index in [2.05, 4.69) is 103 Å². The van der Waals surface area contributed by atoms with E-state index in [9.17, 15) is 0 Å². The molecule has 3 unspecified atom stereocenters. The van der Waals surface area contributed by atoms with E-state index in [-0.39, 0.29) is 24.3 Å². The molecule has 0 radical (unpaired) electrons. The summed E-state index contributed by atoms with van der Waals surface area (Å²) in [7, 11) is 0. The molecule has 7 heteroatoms. The van der Waals surface area contributed by atoms with Crippen LogP contribution in [0.1, 0.15) is 55.1 Å². The van der Waals surface area contributed by atoms with Crippen LogP contribution >= 0.6 is 0 Å². The first kappa shape index (κ1) is 32.4. The van der Waals surface area contributed by atoms with Crippen LogP contribution in [0.5, 0.6) is 0 Å². The first-order valence-electron chi connectivity index (χ1n) is 17.4. The summed E-state index contributed by atoms with van der Waals surface area (Å²) in [5.74, 6) is 0. The predicted octanol–water partition coefficient (Wildman–Crippen LogP) is 6.52. The van der Waals surface area contributed by atoms with E-state index in [0.29, 0.717) is 39.6 Å². The number of hydrogen-bond acceptors (Lipinski definition) is 6. The van der Waals surface area contributed by atoms with Gasteiger partial charge in [0, 0.05) is 0 Å². The van der Waals surface area contributed by atoms with Crippen molar-refractivity contribution in [2.45, 2.75) is 81.6 Å². The standard InChI is InChI=1S/C41H46N2O4Se/c1-41(2)22-33(42(28-41)23-29-14-6-3-7-15-29)27-48-36-21-13-12-20-32(36)24-43-34-25-44-39(30-16-8-4-9-17-30)46-37(34)38-35(43)26-45-40(47-38)31-18-10-5-11-19-31/h3-21,33-35,37-40H,22-28H2,1-2H3/t33?,34-,35-,37+,38+,39?,40?/m0/s1. The van der Waals surface area contributed by atoms with E-state index in [1.54, 1.807) is 0 Å². The Morgan fingerprint density at radius 1 is 0.667 bits per heavy atom. The Morgan fingerprint density at radius 2 is 1.21 bits per heavy atom. The second-order valence-corrected chi connectivity index (χ2v) is 16.7. The van der Waals surface area contributed by atoms with Crippen molar-refractivity contribution in [3.05, 3.63) is 138 Å². The molecular weight excluding hydrogens is 663 g/mol. The van der Waals surface area contributed by atoms with Crippen LogP contribution in [-0.2, 0) is 32.0 Å². The average Bonchev–Trinajstić information content (AvgIpc) is 3.60. The van der Waals surface area contributed by atoms with Crippen LogP contribution in [0.25, 0.3) is 0 Å². The number of nitrogens with zero attached hydrogens (tertiary/aromatic N) is 2. The molecule has 7 atom stereocenters. The quantitative estimate of drug-likeness (QED) is 0.185. The maximum absolute atomic E-state index is 6.80. The number of rotatable bonds is 9. The van der Waals surface area contributed by atoms with Crippen molar-refractivity contribution in [1.29, 1.82) is 0 Å². The van der Waals surface area contributed by atoms with Crippen LogP contribution in [0.15, 0.2) is 115 Å². The Balaban J connectivity index is 1.01. The third-order valence-electron chi connectivity index (χ3n) is 10.4. The van der Waals surface area contributed by atoms with Crippen molar-refractivity contribution in [3.8, 4) is 0 Å². The van der Waals surface area contributed by atoms with Crippen molar-refractivity contribution in [2.24, 2.45) is 5.41 Å². The van der Waals surface area contributed by atoms with E-state index in [1.165, 1.54) is 27.3 Å². The van der Waals surface area contributed by atoms with E-state index in [4.69, 9.17) is 18.9 Å². The summed E-state index contributed by atoms with van der Waals surface area (Å²) in [6.07, 6.45) is 0.209. The normalized spacial score (nSPS) is 30.2. The Kier molecular flexibility index (Phi) is 9.56. The molecule has 4 aliphatic heterocycles. The van der Waals surface area contributed by atoms with Gasteiger partial charge in [-0.25, -0.2) is 0 Å². The monoisotopic (exact) mass is 710 g/mol. The molecular formula is C41H46N2O4Se. The molecule has 8 rings (SSSR count). The van der Waals surface area contributed by atoms with Crippen molar-refractivity contribution in [2.75, 3.05) is 19.8 Å². The Bertz CT molecular complexity index is 1580. The first-order valence-corrected chi connectivity index (χ1v) is 19.5. The van der Waals surface area contributed by atoms with Gasteiger partial charge in [0.15, 0.2) is 0 Å². The Labute approximate surface area is 291 Å². The van der Waals surface area contributed by atoms with Crippen LogP contribution in [0.2, 0.25) is 5.32 Å². The van der Waals surface area contributed by atoms with Gasteiger partial charge in [0.2, 0.25) is 0 Å². The Morgan fingerprint density at radius 3 is 1.81 bits per heavy atom. The zero-order chi connectivity index (χ0) is 32.5. The molecule has 4 aromatic carbocycles. The van der Waals surface area contributed by atoms with E-state index in [1.807, 2.05) is 36.4 Å². The number of likely N-dealkylation sites (tertiary alicyclic amines) is 2. The van der Waals surface area contributed by atoms with Crippen molar-refractivity contribution < 1.29 is 18.9 Å². The number of fused-ring (bicyclic) bond motifs is 3. The van der Waals surface area contributed by atoms with Gasteiger partial charge in [-0.2, -0.15) is 0 Å². The van der Waals surface area contributed by atoms with E-state index < -0.39 is 12.6 Å². The number of ether oxygens (including phenoxy) is 4. The predicted molar refractivity (Wildman–Crippen MR) is 189 cm³/mol. The molecule has 0 amide bonds. The van der Waals surface area contributed by atoms with Gasteiger partial charge in [0.25, 0.3) is 0 Å². The van der Waals surface area contributed by atoms with Crippen molar-refractivity contribution in [1.82, 2.24) is 9.80 Å². The molecule has 250 valence electrons. The average molecular weight is 710 g/mol. The van der Waals surface area contributed by atoms with Crippen LogP contribution in [0, 0.1) is 5.41 Å². The van der Waals surface area contributed by atoms with Gasteiger partial charge in [-0.05, 0) is 0 Å². The minimum absolute atomic E-state index is 0.0793. The van der Waals surface area contributed by atoms with E-state index >= 15 is 0 Å². The van der Waals surface area contributed by atoms with Gasteiger partial charge in [-0.15, -0.1) is 0 Å². The molecule has 4 saturated heterocycles. The molecule has 48 heavy (non-hydrogen) atoms. The van der Waals surface area contributed by atoms with Gasteiger partial charge in [-0.3, -0.25) is 0 Å². The van der Waals surface area contributed by atoms with Gasteiger partial charge in [0.05, 0.1) is 0 Å². The van der Waals surface area contributed by atoms with Crippen LogP contribution in [0.4, 0.5) is 0 Å². The van der Waals surface area contributed by atoms with Gasteiger partial charge in [0.1, 0.15) is 0 Å². The Hall–Kier alpha value is -2.84. The van der Waals surface area contributed by atoms with Crippen LogP contribution < -0.4 is 4.46 Å². The fraction of sp³-hybridized carbons (Fsp3) is 0.415. The van der Waals surface area contributed by atoms with Gasteiger partial charge in [-0.1, -0.05) is 0 Å².